The summed E-state index contributed by atoms with van der Waals surface area (Å²) in [4.78, 5) is 86.2. The third kappa shape index (κ3) is 15.5. The fraction of sp³-hybridized carbons (Fsp3) is 0.275. The van der Waals surface area contributed by atoms with Gasteiger partial charge in [0.1, 0.15) is 23.0 Å². The first kappa shape index (κ1) is 49.2. The Bertz CT molecular complexity index is 2580. The van der Waals surface area contributed by atoms with Gasteiger partial charge < -0.3 is 37.9 Å². The number of esters is 4. The Morgan fingerprint density at radius 2 is 0.833 bits per heavy atom. The van der Waals surface area contributed by atoms with Gasteiger partial charge in [0.2, 0.25) is 0 Å². The number of Topliss-reactive ketones (excluding diaryl/α,β-unsaturated/α-hetero) is 1. The van der Waals surface area contributed by atoms with Crippen LogP contribution in [0.3, 0.4) is 0 Å². The van der Waals surface area contributed by atoms with E-state index in [-0.39, 0.29) is 65.1 Å². The molecule has 0 bridgehead atoms. The second kappa shape index (κ2) is 25.5. The van der Waals surface area contributed by atoms with Gasteiger partial charge in [-0.3, -0.25) is 4.79 Å². The van der Waals surface area contributed by atoms with Crippen molar-refractivity contribution in [2.75, 3.05) is 26.4 Å². The number of unbranched alkanes of at least 4 members (excludes halogenated alkanes) is 6. The summed E-state index contributed by atoms with van der Waals surface area (Å²) in [6, 6.07) is 23.5. The van der Waals surface area contributed by atoms with Crippen molar-refractivity contribution in [2.45, 2.75) is 64.7 Å². The lowest BCUT2D eigenvalue weighted by Crippen LogP contribution is -2.13. The Morgan fingerprint density at radius 3 is 1.29 bits per heavy atom. The first-order valence-electron chi connectivity index (χ1n) is 21.4. The molecule has 0 radical (unpaired) electrons. The van der Waals surface area contributed by atoms with Crippen LogP contribution in [0.25, 0.3) is 21.5 Å². The van der Waals surface area contributed by atoms with Crippen molar-refractivity contribution >= 4 is 63.5 Å². The lowest BCUT2D eigenvalue weighted by atomic mass is 10.1. The molecule has 5 aromatic carbocycles. The van der Waals surface area contributed by atoms with Gasteiger partial charge in [0, 0.05) is 18.6 Å². The van der Waals surface area contributed by atoms with Gasteiger partial charge in [0.25, 0.3) is 0 Å². The zero-order chi connectivity index (χ0) is 47.3. The quantitative estimate of drug-likeness (QED) is 0.0108. The van der Waals surface area contributed by atoms with Crippen LogP contribution in [0.2, 0.25) is 0 Å². The van der Waals surface area contributed by atoms with Crippen molar-refractivity contribution in [1.29, 1.82) is 0 Å². The van der Waals surface area contributed by atoms with E-state index in [0.29, 0.717) is 60.4 Å². The van der Waals surface area contributed by atoms with Gasteiger partial charge in [-0.15, -0.1) is 0 Å². The van der Waals surface area contributed by atoms with Crippen LogP contribution in [0.5, 0.6) is 23.0 Å². The monoisotopic (exact) mass is 902 g/mol. The fourth-order valence-electron chi connectivity index (χ4n) is 6.36. The molecule has 0 fully saturated rings. The van der Waals surface area contributed by atoms with Crippen molar-refractivity contribution in [3.8, 4) is 23.0 Å². The molecule has 0 aliphatic carbocycles. The van der Waals surface area contributed by atoms with E-state index in [1.165, 1.54) is 24.3 Å². The molecule has 0 spiro atoms. The maximum Gasteiger partial charge on any atom is 0.513 e. The average molecular weight is 903 g/mol. The minimum Gasteiger partial charge on any atom is -0.463 e. The van der Waals surface area contributed by atoms with Gasteiger partial charge in [-0.1, -0.05) is 44.3 Å². The van der Waals surface area contributed by atoms with E-state index in [1.807, 2.05) is 0 Å². The molecule has 344 valence electrons. The SMILES string of the molecule is C=CC(=O)OCCCCCCOC(=O)Oc1ccc2cc(C(=O)Oc3ccc(OC(=O)c4ccc5cc(OC(=O)OCCCCCCOC(=O)C=C)ccc5c4)c(C(=O)CC)c3)ccc2c1. The maximum absolute atomic E-state index is 13.3. The summed E-state index contributed by atoms with van der Waals surface area (Å²) in [6.45, 7) is 9.29. The van der Waals surface area contributed by atoms with Gasteiger partial charge in [0.05, 0.1) is 43.1 Å². The number of benzene rings is 5. The predicted octanol–water partition coefficient (Wildman–Crippen LogP) is 10.6. The number of carbonyl (C=O) groups is 7. The lowest BCUT2D eigenvalue weighted by Gasteiger charge is -2.12. The normalized spacial score (nSPS) is 10.6. The first-order chi connectivity index (χ1) is 32.0. The summed E-state index contributed by atoms with van der Waals surface area (Å²) in [7, 11) is 0. The first-order valence-corrected chi connectivity index (χ1v) is 21.4. The summed E-state index contributed by atoms with van der Waals surface area (Å²) in [5.41, 5.74) is 0.458. The number of ether oxygens (including phenoxy) is 8. The summed E-state index contributed by atoms with van der Waals surface area (Å²) in [5.74, 6) is -2.16. The fourth-order valence-corrected chi connectivity index (χ4v) is 6.36. The summed E-state index contributed by atoms with van der Waals surface area (Å²) >= 11 is 0. The molecule has 5 rings (SSSR count). The lowest BCUT2D eigenvalue weighted by molar-refractivity contribution is -0.138. The number of carbonyl (C=O) groups excluding carboxylic acids is 7. The van der Waals surface area contributed by atoms with Crippen molar-refractivity contribution in [1.82, 2.24) is 0 Å². The Morgan fingerprint density at radius 1 is 0.439 bits per heavy atom. The predicted molar refractivity (Wildman–Crippen MR) is 242 cm³/mol. The van der Waals surface area contributed by atoms with Gasteiger partial charge in [-0.2, -0.15) is 0 Å². The third-order valence-electron chi connectivity index (χ3n) is 9.82. The van der Waals surface area contributed by atoms with E-state index in [9.17, 15) is 33.6 Å². The summed E-state index contributed by atoms with van der Waals surface area (Å²) in [6.07, 6.45) is 6.39. The highest BCUT2D eigenvalue weighted by molar-refractivity contribution is 6.02. The van der Waals surface area contributed by atoms with Gasteiger partial charge in [0.15, 0.2) is 5.78 Å². The molecule has 0 aromatic heterocycles. The van der Waals surface area contributed by atoms with Crippen LogP contribution in [0.4, 0.5) is 9.59 Å². The van der Waals surface area contributed by atoms with E-state index in [1.54, 1.807) is 73.7 Å². The zero-order valence-corrected chi connectivity index (χ0v) is 36.5. The molecule has 15 nitrogen and oxygen atoms in total. The number of rotatable bonds is 24. The molecule has 0 amide bonds. The molecule has 0 aliphatic heterocycles. The minimum atomic E-state index is -0.853. The molecule has 5 aromatic rings. The van der Waals surface area contributed by atoms with E-state index < -0.39 is 36.2 Å². The van der Waals surface area contributed by atoms with Crippen LogP contribution in [-0.4, -0.2) is 68.4 Å². The number of hydrogen-bond acceptors (Lipinski definition) is 15. The molecule has 66 heavy (non-hydrogen) atoms. The molecule has 0 saturated heterocycles. The number of fused-ring (bicyclic) bond motifs is 2. The Kier molecular flexibility index (Phi) is 19.0. The zero-order valence-electron chi connectivity index (χ0n) is 36.5. The Balaban J connectivity index is 1.10. The van der Waals surface area contributed by atoms with Crippen LogP contribution in [0.15, 0.2) is 116 Å². The number of ketones is 1. The number of hydrogen-bond donors (Lipinski definition) is 0. The maximum atomic E-state index is 13.3. The summed E-state index contributed by atoms with van der Waals surface area (Å²) in [5, 5.41) is 2.67. The van der Waals surface area contributed by atoms with Crippen molar-refractivity contribution in [3.63, 3.8) is 0 Å². The Labute approximate surface area is 381 Å². The molecule has 15 heteroatoms. The van der Waals surface area contributed by atoms with E-state index in [0.717, 1.165) is 37.8 Å². The Hall–Kier alpha value is -7.81. The topological polar surface area (TPSA) is 193 Å². The summed E-state index contributed by atoms with van der Waals surface area (Å²) < 4.78 is 42.1. The molecular formula is C51H50O15. The molecule has 0 unspecified atom stereocenters. The van der Waals surface area contributed by atoms with Gasteiger partial charge in [-0.25, -0.2) is 28.8 Å². The highest BCUT2D eigenvalue weighted by Crippen LogP contribution is 2.29. The highest BCUT2D eigenvalue weighted by Gasteiger charge is 2.20. The molecular weight excluding hydrogens is 853 g/mol. The molecule has 0 atom stereocenters. The van der Waals surface area contributed by atoms with Crippen LogP contribution in [-0.2, 0) is 28.5 Å². The molecule has 0 N–H and O–H groups in total. The van der Waals surface area contributed by atoms with Crippen LogP contribution in [0.1, 0.15) is 95.8 Å². The van der Waals surface area contributed by atoms with Crippen LogP contribution >= 0.6 is 0 Å². The standard InChI is InChI=1S/C51H50O15/c1-4-44(52)43-33-42(63-48(55)38-17-15-36-31-40(21-19-34(36)29-38)64-50(57)61-27-13-9-7-11-25-59-46(53)5-2)23-24-45(43)66-49(56)39-18-16-37-32-41(22-20-35(37)30-39)65-51(58)62-28-14-10-8-12-26-60-47(54)6-3/h5-6,15-24,29-33H,2-4,7-14,25-28H2,1H3. The highest BCUT2D eigenvalue weighted by atomic mass is 16.7. The second-order valence-electron chi connectivity index (χ2n) is 14.6. The van der Waals surface area contributed by atoms with Crippen LogP contribution in [0, 0.1) is 0 Å². The van der Waals surface area contributed by atoms with Gasteiger partial charge in [-0.05, 0) is 140 Å². The van der Waals surface area contributed by atoms with Crippen LogP contribution < -0.4 is 18.9 Å². The second-order valence-corrected chi connectivity index (χ2v) is 14.6. The minimum absolute atomic E-state index is 0.0173. The van der Waals surface area contributed by atoms with Crippen molar-refractivity contribution < 1.29 is 71.5 Å². The average Bonchev–Trinajstić information content (AvgIpc) is 3.32. The van der Waals surface area contributed by atoms with E-state index in [2.05, 4.69) is 13.2 Å². The molecule has 0 heterocycles. The van der Waals surface area contributed by atoms with Crippen molar-refractivity contribution in [3.05, 3.63) is 133 Å². The van der Waals surface area contributed by atoms with Crippen molar-refractivity contribution in [2.24, 2.45) is 0 Å². The van der Waals surface area contributed by atoms with E-state index in [4.69, 9.17) is 37.9 Å². The molecule has 0 aliphatic rings. The smallest absolute Gasteiger partial charge is 0.463 e. The largest absolute Gasteiger partial charge is 0.513 e. The third-order valence-corrected chi connectivity index (χ3v) is 9.82. The van der Waals surface area contributed by atoms with E-state index >= 15 is 0 Å². The molecule has 0 saturated carbocycles. The van der Waals surface area contributed by atoms with Gasteiger partial charge >= 0.3 is 36.2 Å².